The first-order valence-corrected chi connectivity index (χ1v) is 6.56. The molecule has 3 rings (SSSR count). The minimum Gasteiger partial charge on any atom is -0.381 e. The summed E-state index contributed by atoms with van der Waals surface area (Å²) in [5.41, 5.74) is 2.65. The number of hydrogen-bond donors (Lipinski definition) is 2. The van der Waals surface area contributed by atoms with Crippen LogP contribution < -0.4 is 11.3 Å². The molecule has 1 unspecified atom stereocenters. The maximum Gasteiger partial charge on any atom is 0.152 e. The van der Waals surface area contributed by atoms with E-state index in [0.29, 0.717) is 18.3 Å². The third-order valence-electron chi connectivity index (χ3n) is 3.00. The molecular weight excluding hydrogens is 236 g/mol. The second-order valence-electron chi connectivity index (χ2n) is 4.13. The summed E-state index contributed by atoms with van der Waals surface area (Å²) in [6.07, 6.45) is 2.16. The van der Waals surface area contributed by atoms with Crippen molar-refractivity contribution in [3.8, 4) is 0 Å². The van der Waals surface area contributed by atoms with Crippen LogP contribution in [-0.4, -0.2) is 23.2 Å². The van der Waals surface area contributed by atoms with Crippen molar-refractivity contribution < 1.29 is 4.74 Å². The number of nitrogens with one attached hydrogen (secondary N) is 1. The first-order valence-electron chi connectivity index (χ1n) is 5.68. The lowest BCUT2D eigenvalue weighted by molar-refractivity contribution is 0.0782. The van der Waals surface area contributed by atoms with E-state index in [0.717, 1.165) is 35.5 Å². The van der Waals surface area contributed by atoms with Crippen LogP contribution in [0.2, 0.25) is 0 Å². The molecule has 0 aromatic carbocycles. The molecule has 1 atom stereocenters. The van der Waals surface area contributed by atoms with Crippen LogP contribution in [0.1, 0.15) is 24.6 Å². The number of thiophene rings is 1. The van der Waals surface area contributed by atoms with E-state index in [1.807, 2.05) is 11.4 Å². The third kappa shape index (κ3) is 1.99. The highest BCUT2D eigenvalue weighted by Crippen LogP contribution is 2.29. The SMILES string of the molecule is NNc1nc(C2CCCOC2)nc2sccc12. The van der Waals surface area contributed by atoms with E-state index in [4.69, 9.17) is 10.6 Å². The molecular formula is C11H14N4OS. The Balaban J connectivity index is 2.03. The average molecular weight is 250 g/mol. The van der Waals surface area contributed by atoms with E-state index >= 15 is 0 Å². The van der Waals surface area contributed by atoms with Crippen molar-refractivity contribution in [1.82, 2.24) is 9.97 Å². The van der Waals surface area contributed by atoms with Gasteiger partial charge in [-0.3, -0.25) is 0 Å². The van der Waals surface area contributed by atoms with Gasteiger partial charge in [0.15, 0.2) is 5.82 Å². The predicted octanol–water partition coefficient (Wildman–Crippen LogP) is 1.87. The molecule has 17 heavy (non-hydrogen) atoms. The lowest BCUT2D eigenvalue weighted by Gasteiger charge is -2.21. The number of nitrogen functional groups attached to an aromatic ring is 1. The van der Waals surface area contributed by atoms with Crippen LogP contribution in [0.5, 0.6) is 0 Å². The molecule has 5 nitrogen and oxygen atoms in total. The first-order chi connectivity index (χ1) is 8.38. The zero-order valence-corrected chi connectivity index (χ0v) is 10.2. The number of hydrazine groups is 1. The Kier molecular flexibility index (Phi) is 2.92. The van der Waals surface area contributed by atoms with Crippen LogP contribution >= 0.6 is 11.3 Å². The van der Waals surface area contributed by atoms with E-state index < -0.39 is 0 Å². The van der Waals surface area contributed by atoms with Crippen molar-refractivity contribution in [2.75, 3.05) is 18.6 Å². The van der Waals surface area contributed by atoms with Gasteiger partial charge in [0.05, 0.1) is 12.0 Å². The molecule has 0 saturated carbocycles. The molecule has 0 amide bonds. The predicted molar refractivity (Wildman–Crippen MR) is 68.0 cm³/mol. The smallest absolute Gasteiger partial charge is 0.152 e. The Morgan fingerprint density at radius 1 is 1.47 bits per heavy atom. The fourth-order valence-electron chi connectivity index (χ4n) is 2.11. The average Bonchev–Trinajstić information content (AvgIpc) is 2.86. The quantitative estimate of drug-likeness (QED) is 0.629. The van der Waals surface area contributed by atoms with Crippen molar-refractivity contribution in [2.24, 2.45) is 5.84 Å². The Hall–Kier alpha value is -1.24. The van der Waals surface area contributed by atoms with E-state index in [2.05, 4.69) is 15.4 Å². The fourth-order valence-corrected chi connectivity index (χ4v) is 2.88. The molecule has 3 heterocycles. The van der Waals surface area contributed by atoms with E-state index in [1.165, 1.54) is 0 Å². The van der Waals surface area contributed by atoms with Crippen LogP contribution in [0.25, 0.3) is 10.2 Å². The summed E-state index contributed by atoms with van der Waals surface area (Å²) < 4.78 is 5.48. The van der Waals surface area contributed by atoms with Gasteiger partial charge in [0.25, 0.3) is 0 Å². The van der Waals surface area contributed by atoms with Crippen LogP contribution in [0, 0.1) is 0 Å². The van der Waals surface area contributed by atoms with E-state index in [1.54, 1.807) is 11.3 Å². The van der Waals surface area contributed by atoms with Crippen LogP contribution in [0.4, 0.5) is 5.82 Å². The Morgan fingerprint density at radius 3 is 3.18 bits per heavy atom. The summed E-state index contributed by atoms with van der Waals surface area (Å²) in [7, 11) is 0. The standard InChI is InChI=1S/C11H14N4OS/c12-15-10-8-3-5-17-11(8)14-9(13-10)7-2-1-4-16-6-7/h3,5,7H,1-2,4,6,12H2,(H,13,14,15). The van der Waals surface area contributed by atoms with Crippen molar-refractivity contribution in [2.45, 2.75) is 18.8 Å². The first kappa shape index (κ1) is 10.9. The number of nitrogens with zero attached hydrogens (tertiary/aromatic N) is 2. The second-order valence-corrected chi connectivity index (χ2v) is 5.02. The molecule has 1 fully saturated rings. The van der Waals surface area contributed by atoms with Gasteiger partial charge in [-0.1, -0.05) is 0 Å². The zero-order valence-electron chi connectivity index (χ0n) is 9.35. The van der Waals surface area contributed by atoms with Gasteiger partial charge in [-0.25, -0.2) is 15.8 Å². The normalized spacial score (nSPS) is 20.6. The molecule has 0 bridgehead atoms. The maximum atomic E-state index is 5.51. The van der Waals surface area contributed by atoms with Crippen LogP contribution in [0.15, 0.2) is 11.4 Å². The highest BCUT2D eigenvalue weighted by Gasteiger charge is 2.20. The van der Waals surface area contributed by atoms with Gasteiger partial charge >= 0.3 is 0 Å². The van der Waals surface area contributed by atoms with Gasteiger partial charge in [0.2, 0.25) is 0 Å². The summed E-state index contributed by atoms with van der Waals surface area (Å²) in [4.78, 5) is 10.1. The second kappa shape index (κ2) is 4.56. The molecule has 0 spiro atoms. The monoisotopic (exact) mass is 250 g/mol. The topological polar surface area (TPSA) is 73.1 Å². The van der Waals surface area contributed by atoms with Gasteiger partial charge in [0, 0.05) is 12.5 Å². The minimum absolute atomic E-state index is 0.294. The molecule has 0 aliphatic carbocycles. The van der Waals surface area contributed by atoms with Gasteiger partial charge in [-0.2, -0.15) is 0 Å². The van der Waals surface area contributed by atoms with Crippen molar-refractivity contribution in [3.63, 3.8) is 0 Å². The number of fused-ring (bicyclic) bond motifs is 1. The molecule has 1 aliphatic heterocycles. The Bertz CT molecular complexity index is 521. The number of rotatable bonds is 2. The van der Waals surface area contributed by atoms with Crippen molar-refractivity contribution in [1.29, 1.82) is 0 Å². The van der Waals surface area contributed by atoms with Crippen LogP contribution in [0.3, 0.4) is 0 Å². The summed E-state index contributed by atoms with van der Waals surface area (Å²) in [5.74, 6) is 7.35. The van der Waals surface area contributed by atoms with Crippen molar-refractivity contribution >= 4 is 27.4 Å². The minimum atomic E-state index is 0.294. The van der Waals surface area contributed by atoms with E-state index in [9.17, 15) is 0 Å². The molecule has 2 aromatic rings. The lowest BCUT2D eigenvalue weighted by atomic mass is 10.0. The zero-order chi connectivity index (χ0) is 11.7. The lowest BCUT2D eigenvalue weighted by Crippen LogP contribution is -2.19. The number of anilines is 1. The summed E-state index contributed by atoms with van der Waals surface area (Å²) >= 11 is 1.61. The van der Waals surface area contributed by atoms with E-state index in [-0.39, 0.29) is 0 Å². The highest BCUT2D eigenvalue weighted by molar-refractivity contribution is 7.16. The summed E-state index contributed by atoms with van der Waals surface area (Å²) in [6.45, 7) is 1.56. The number of hydrogen-bond acceptors (Lipinski definition) is 6. The fraction of sp³-hybridized carbons (Fsp3) is 0.455. The Morgan fingerprint density at radius 2 is 2.41 bits per heavy atom. The maximum absolute atomic E-state index is 5.51. The molecule has 3 N–H and O–H groups in total. The van der Waals surface area contributed by atoms with Crippen LogP contribution in [-0.2, 0) is 4.74 Å². The van der Waals surface area contributed by atoms with Gasteiger partial charge in [0.1, 0.15) is 10.7 Å². The molecule has 0 radical (unpaired) electrons. The third-order valence-corrected chi connectivity index (χ3v) is 3.81. The van der Waals surface area contributed by atoms with Crippen molar-refractivity contribution in [3.05, 3.63) is 17.3 Å². The summed E-state index contributed by atoms with van der Waals surface area (Å²) in [6, 6.07) is 1.98. The highest BCUT2D eigenvalue weighted by atomic mass is 32.1. The van der Waals surface area contributed by atoms with Gasteiger partial charge in [-0.05, 0) is 24.3 Å². The molecule has 6 heteroatoms. The number of ether oxygens (including phenoxy) is 1. The number of nitrogens with two attached hydrogens (primary N) is 1. The van der Waals surface area contributed by atoms with Gasteiger partial charge in [-0.15, -0.1) is 11.3 Å². The molecule has 1 saturated heterocycles. The molecule has 1 aliphatic rings. The molecule has 2 aromatic heterocycles. The summed E-state index contributed by atoms with van der Waals surface area (Å²) in [5, 5.41) is 2.99. The largest absolute Gasteiger partial charge is 0.381 e. The number of aromatic nitrogens is 2. The van der Waals surface area contributed by atoms with Gasteiger partial charge < -0.3 is 10.2 Å². The Labute approximate surface area is 103 Å². The molecule has 90 valence electrons.